The molecule has 0 aromatic carbocycles. The quantitative estimate of drug-likeness (QED) is 0.864. The zero-order chi connectivity index (χ0) is 16.9. The predicted molar refractivity (Wildman–Crippen MR) is 83.0 cm³/mol. The van der Waals surface area contributed by atoms with Gasteiger partial charge in [0.25, 0.3) is 0 Å². The zero-order valence-electron chi connectivity index (χ0n) is 14.2. The second kappa shape index (κ2) is 7.48. The number of ether oxygens (including phenoxy) is 1. The Morgan fingerprint density at radius 1 is 1.45 bits per heavy atom. The van der Waals surface area contributed by atoms with Gasteiger partial charge >= 0.3 is 6.09 Å². The largest absolute Gasteiger partial charge is 0.444 e. The van der Waals surface area contributed by atoms with E-state index in [1.807, 2.05) is 13.8 Å². The molecule has 1 heterocycles. The van der Waals surface area contributed by atoms with Gasteiger partial charge in [-0.3, -0.25) is 4.79 Å². The third kappa shape index (κ3) is 4.90. The van der Waals surface area contributed by atoms with Crippen molar-refractivity contribution in [1.82, 2.24) is 10.2 Å². The Morgan fingerprint density at radius 3 is 2.59 bits per heavy atom. The lowest BCUT2D eigenvalue weighted by molar-refractivity contribution is -0.134. The van der Waals surface area contributed by atoms with Crippen LogP contribution in [-0.4, -0.2) is 41.1 Å². The van der Waals surface area contributed by atoms with Crippen LogP contribution in [0, 0.1) is 17.2 Å². The molecule has 6 heteroatoms. The number of hydrogen-bond acceptors (Lipinski definition) is 4. The maximum atomic E-state index is 12.7. The highest BCUT2D eigenvalue weighted by Gasteiger charge is 2.36. The number of nitriles is 1. The molecule has 1 N–H and O–H groups in total. The van der Waals surface area contributed by atoms with Gasteiger partial charge < -0.3 is 15.0 Å². The molecule has 1 aliphatic rings. The van der Waals surface area contributed by atoms with Crippen LogP contribution in [0.25, 0.3) is 0 Å². The van der Waals surface area contributed by atoms with Gasteiger partial charge in [-0.2, -0.15) is 5.26 Å². The van der Waals surface area contributed by atoms with E-state index < -0.39 is 17.7 Å². The van der Waals surface area contributed by atoms with Crippen molar-refractivity contribution >= 4 is 12.0 Å². The second-order valence-corrected chi connectivity index (χ2v) is 6.83. The number of amides is 2. The lowest BCUT2D eigenvalue weighted by atomic mass is 9.97. The summed E-state index contributed by atoms with van der Waals surface area (Å²) in [7, 11) is 0. The predicted octanol–water partition coefficient (Wildman–Crippen LogP) is 2.44. The number of carbonyl (C=O) groups excluding carboxylic acids is 2. The van der Waals surface area contributed by atoms with E-state index in [-0.39, 0.29) is 17.9 Å². The molecule has 0 aromatic heterocycles. The zero-order valence-corrected chi connectivity index (χ0v) is 14.2. The fourth-order valence-electron chi connectivity index (χ4n) is 2.46. The summed E-state index contributed by atoms with van der Waals surface area (Å²) in [5, 5.41) is 11.8. The smallest absolute Gasteiger partial charge is 0.408 e. The Bertz CT molecular complexity index is 451. The molecule has 3 atom stereocenters. The molecule has 6 nitrogen and oxygen atoms in total. The van der Waals surface area contributed by atoms with Gasteiger partial charge in [0.15, 0.2) is 0 Å². The van der Waals surface area contributed by atoms with E-state index in [1.54, 1.807) is 25.7 Å². The molecule has 0 spiro atoms. The number of rotatable bonds is 4. The number of hydrogen-bond donors (Lipinski definition) is 1. The molecule has 22 heavy (non-hydrogen) atoms. The molecular formula is C16H27N3O3. The van der Waals surface area contributed by atoms with Gasteiger partial charge in [-0.25, -0.2) is 4.79 Å². The van der Waals surface area contributed by atoms with Crippen molar-refractivity contribution in [2.75, 3.05) is 6.54 Å². The Balaban J connectivity index is 2.82. The fourth-order valence-corrected chi connectivity index (χ4v) is 2.46. The highest BCUT2D eigenvalue weighted by molar-refractivity contribution is 5.86. The Hall–Kier alpha value is -1.77. The van der Waals surface area contributed by atoms with Crippen molar-refractivity contribution in [2.24, 2.45) is 5.92 Å². The molecule has 124 valence electrons. The van der Waals surface area contributed by atoms with E-state index in [0.717, 1.165) is 12.8 Å². The molecule has 3 unspecified atom stereocenters. The summed E-state index contributed by atoms with van der Waals surface area (Å²) in [5.74, 6) is -0.218. The normalized spacial score (nSPS) is 20.9. The molecule has 0 saturated carbocycles. The van der Waals surface area contributed by atoms with Gasteiger partial charge in [-0.05, 0) is 39.5 Å². The summed E-state index contributed by atoms with van der Waals surface area (Å²) in [6.45, 7) is 9.78. The van der Waals surface area contributed by atoms with Crippen LogP contribution in [0.1, 0.15) is 53.9 Å². The number of carbonyl (C=O) groups is 2. The van der Waals surface area contributed by atoms with Crippen LogP contribution < -0.4 is 5.32 Å². The molecule has 0 radical (unpaired) electrons. The Kier molecular flexibility index (Phi) is 6.21. The van der Waals surface area contributed by atoms with Crippen molar-refractivity contribution in [3.05, 3.63) is 0 Å². The molecule has 0 aliphatic carbocycles. The van der Waals surface area contributed by atoms with Crippen molar-refractivity contribution < 1.29 is 14.3 Å². The van der Waals surface area contributed by atoms with Crippen molar-refractivity contribution in [3.8, 4) is 6.07 Å². The average Bonchev–Trinajstić information content (AvgIpc) is 2.89. The second-order valence-electron chi connectivity index (χ2n) is 6.83. The molecular weight excluding hydrogens is 282 g/mol. The number of nitrogens with zero attached hydrogens (tertiary/aromatic N) is 2. The first-order valence-corrected chi connectivity index (χ1v) is 7.89. The van der Waals surface area contributed by atoms with Crippen LogP contribution in [0.2, 0.25) is 0 Å². The molecule has 1 aliphatic heterocycles. The summed E-state index contributed by atoms with van der Waals surface area (Å²) in [5.41, 5.74) is -0.615. The van der Waals surface area contributed by atoms with Crippen LogP contribution in [0.5, 0.6) is 0 Å². The van der Waals surface area contributed by atoms with Gasteiger partial charge in [0, 0.05) is 6.54 Å². The van der Waals surface area contributed by atoms with E-state index in [0.29, 0.717) is 13.0 Å². The minimum atomic E-state index is -0.659. The lowest BCUT2D eigenvalue weighted by Crippen LogP contribution is -2.53. The van der Waals surface area contributed by atoms with Crippen molar-refractivity contribution in [3.63, 3.8) is 0 Å². The molecule has 1 rings (SSSR count). The number of alkyl carbamates (subject to hydrolysis) is 1. The van der Waals surface area contributed by atoms with Gasteiger partial charge in [0.1, 0.15) is 17.7 Å². The third-order valence-corrected chi connectivity index (χ3v) is 3.84. The van der Waals surface area contributed by atoms with E-state index in [1.165, 1.54) is 0 Å². The molecule has 1 saturated heterocycles. The first-order chi connectivity index (χ1) is 10.2. The van der Waals surface area contributed by atoms with Crippen LogP contribution >= 0.6 is 0 Å². The number of nitrogens with one attached hydrogen (secondary N) is 1. The summed E-state index contributed by atoms with van der Waals surface area (Å²) in [6, 6.07) is 1.11. The molecule has 0 bridgehead atoms. The fraction of sp³-hybridized carbons (Fsp3) is 0.812. The van der Waals surface area contributed by atoms with Gasteiger partial charge in [-0.1, -0.05) is 20.3 Å². The Morgan fingerprint density at radius 2 is 2.09 bits per heavy atom. The van der Waals surface area contributed by atoms with Crippen LogP contribution in [-0.2, 0) is 9.53 Å². The SMILES string of the molecule is CCC(C)C(NC(=O)OC(C)(C)C)C(=O)N1CCCC1C#N. The van der Waals surface area contributed by atoms with E-state index >= 15 is 0 Å². The first-order valence-electron chi connectivity index (χ1n) is 7.89. The van der Waals surface area contributed by atoms with Crippen LogP contribution in [0.15, 0.2) is 0 Å². The minimum absolute atomic E-state index is 0.0278. The number of likely N-dealkylation sites (tertiary alicyclic amines) is 1. The van der Waals surface area contributed by atoms with Crippen LogP contribution in [0.3, 0.4) is 0 Å². The summed E-state index contributed by atoms with van der Waals surface area (Å²) in [4.78, 5) is 26.3. The van der Waals surface area contributed by atoms with E-state index in [9.17, 15) is 9.59 Å². The maximum absolute atomic E-state index is 12.7. The maximum Gasteiger partial charge on any atom is 0.408 e. The van der Waals surface area contributed by atoms with Crippen molar-refractivity contribution in [1.29, 1.82) is 5.26 Å². The topological polar surface area (TPSA) is 82.4 Å². The van der Waals surface area contributed by atoms with Crippen molar-refractivity contribution in [2.45, 2.75) is 71.6 Å². The summed E-state index contributed by atoms with van der Waals surface area (Å²) < 4.78 is 5.24. The highest BCUT2D eigenvalue weighted by atomic mass is 16.6. The van der Waals surface area contributed by atoms with Gasteiger partial charge in [0.05, 0.1) is 6.07 Å². The monoisotopic (exact) mass is 309 g/mol. The van der Waals surface area contributed by atoms with Crippen LogP contribution in [0.4, 0.5) is 4.79 Å². The van der Waals surface area contributed by atoms with Gasteiger partial charge in [0.2, 0.25) is 5.91 Å². The summed E-state index contributed by atoms with van der Waals surface area (Å²) >= 11 is 0. The average molecular weight is 309 g/mol. The lowest BCUT2D eigenvalue weighted by Gasteiger charge is -2.30. The Labute approximate surface area is 132 Å². The molecule has 2 amide bonds. The van der Waals surface area contributed by atoms with E-state index in [2.05, 4.69) is 11.4 Å². The van der Waals surface area contributed by atoms with E-state index in [4.69, 9.17) is 10.00 Å². The standard InChI is InChI=1S/C16H27N3O3/c1-6-11(2)13(18-15(21)22-16(3,4)5)14(20)19-9-7-8-12(19)10-17/h11-13H,6-9H2,1-5H3,(H,18,21). The third-order valence-electron chi connectivity index (χ3n) is 3.84. The van der Waals surface area contributed by atoms with Gasteiger partial charge in [-0.15, -0.1) is 0 Å². The summed E-state index contributed by atoms with van der Waals surface area (Å²) in [6.07, 6.45) is 1.67. The molecule has 1 fully saturated rings. The molecule has 0 aromatic rings. The minimum Gasteiger partial charge on any atom is -0.444 e. The first kappa shape index (κ1) is 18.3. The highest BCUT2D eigenvalue weighted by Crippen LogP contribution is 2.21.